The number of carbonyl (C=O) groups excluding carboxylic acids is 2. The van der Waals surface area contributed by atoms with Gasteiger partial charge in [0.15, 0.2) is 0 Å². The number of hydrogen-bond acceptors (Lipinski definition) is 6. The highest BCUT2D eigenvalue weighted by molar-refractivity contribution is 6.14. The summed E-state index contributed by atoms with van der Waals surface area (Å²) in [6.45, 7) is 1.41. The van der Waals surface area contributed by atoms with Crippen molar-refractivity contribution in [3.63, 3.8) is 0 Å². The smallest absolute Gasteiger partial charge is 0.255 e. The zero-order valence-electron chi connectivity index (χ0n) is 26.1. The molecule has 0 atom stereocenters. The molecule has 6 aromatic rings. The number of fused-ring (bicyclic) bond motifs is 1. The van der Waals surface area contributed by atoms with E-state index in [9.17, 15) is 9.59 Å². The molecule has 0 radical (unpaired) electrons. The largest absolute Gasteiger partial charge is 0.490 e. The van der Waals surface area contributed by atoms with Crippen LogP contribution in [0.3, 0.4) is 0 Å². The van der Waals surface area contributed by atoms with E-state index in [2.05, 4.69) is 10.6 Å². The van der Waals surface area contributed by atoms with E-state index in [0.29, 0.717) is 60.4 Å². The molecule has 0 aliphatic heterocycles. The van der Waals surface area contributed by atoms with Crippen LogP contribution in [0.5, 0.6) is 23.0 Å². The van der Waals surface area contributed by atoms with Crippen LogP contribution in [0, 0.1) is 0 Å². The molecule has 0 aromatic heterocycles. The van der Waals surface area contributed by atoms with E-state index in [-0.39, 0.29) is 11.8 Å². The van der Waals surface area contributed by atoms with Gasteiger partial charge >= 0.3 is 0 Å². The Morgan fingerprint density at radius 1 is 0.396 bits per heavy atom. The summed E-state index contributed by atoms with van der Waals surface area (Å²) in [7, 11) is 0. The molecule has 0 bridgehead atoms. The maximum Gasteiger partial charge on any atom is 0.255 e. The van der Waals surface area contributed by atoms with Gasteiger partial charge in [-0.1, -0.05) is 72.8 Å². The third-order valence-electron chi connectivity index (χ3n) is 7.34. The van der Waals surface area contributed by atoms with E-state index in [1.165, 1.54) is 0 Å². The summed E-state index contributed by atoms with van der Waals surface area (Å²) >= 11 is 0. The quantitative estimate of drug-likeness (QED) is 0.117. The third kappa shape index (κ3) is 8.50. The highest BCUT2D eigenvalue weighted by Gasteiger charge is 2.13. The molecule has 8 nitrogen and oxygen atoms in total. The molecular formula is C40H34N2O6. The first-order valence-corrected chi connectivity index (χ1v) is 15.6. The minimum Gasteiger partial charge on any atom is -0.490 e. The zero-order chi connectivity index (χ0) is 33.0. The summed E-state index contributed by atoms with van der Waals surface area (Å²) in [4.78, 5) is 26.6. The number of carbonyl (C=O) groups is 2. The molecule has 2 N–H and O–H groups in total. The Kier molecular flexibility index (Phi) is 10.4. The molecule has 0 saturated heterocycles. The summed E-state index contributed by atoms with van der Waals surface area (Å²) < 4.78 is 23.0. The lowest BCUT2D eigenvalue weighted by Crippen LogP contribution is -2.14. The molecule has 0 spiro atoms. The Bertz CT molecular complexity index is 1840. The molecule has 240 valence electrons. The zero-order valence-corrected chi connectivity index (χ0v) is 26.1. The molecule has 48 heavy (non-hydrogen) atoms. The highest BCUT2D eigenvalue weighted by atomic mass is 16.5. The monoisotopic (exact) mass is 638 g/mol. The second-order valence-electron chi connectivity index (χ2n) is 10.7. The van der Waals surface area contributed by atoms with Gasteiger partial charge in [-0.2, -0.15) is 0 Å². The number of anilines is 2. The predicted octanol–water partition coefficient (Wildman–Crippen LogP) is 8.26. The second kappa shape index (κ2) is 15.8. The van der Waals surface area contributed by atoms with Gasteiger partial charge in [0, 0.05) is 33.3 Å². The van der Waals surface area contributed by atoms with Crippen LogP contribution >= 0.6 is 0 Å². The lowest BCUT2D eigenvalue weighted by Gasteiger charge is -2.14. The van der Waals surface area contributed by atoms with Gasteiger partial charge in [0.1, 0.15) is 49.4 Å². The van der Waals surface area contributed by atoms with Crippen LogP contribution < -0.4 is 29.6 Å². The number of rotatable bonds is 14. The average Bonchev–Trinajstić information content (AvgIpc) is 3.13. The molecule has 6 rings (SSSR count). The standard InChI is InChI=1S/C40H34N2O6/c43-39(29-11-7-17-33(27-29)47-25-23-45-31-13-3-1-4-14-31)41-37-21-9-20-36-35(37)19-10-22-38(36)42-40(44)30-12-8-18-34(28-30)48-26-24-46-32-15-5-2-6-16-32/h1-22,27-28H,23-26H2,(H,41,43)(H,42,44). The molecule has 0 saturated carbocycles. The minimum atomic E-state index is -0.283. The fraction of sp³-hybridized carbons (Fsp3) is 0.100. The van der Waals surface area contributed by atoms with Crippen molar-refractivity contribution in [2.75, 3.05) is 37.1 Å². The van der Waals surface area contributed by atoms with Gasteiger partial charge < -0.3 is 29.6 Å². The van der Waals surface area contributed by atoms with Crippen LogP contribution in [0.25, 0.3) is 10.8 Å². The molecule has 2 amide bonds. The average molecular weight is 639 g/mol. The summed E-state index contributed by atoms with van der Waals surface area (Å²) in [6.07, 6.45) is 0. The lowest BCUT2D eigenvalue weighted by molar-refractivity contribution is 0.101. The number of ether oxygens (including phenoxy) is 4. The van der Waals surface area contributed by atoms with Gasteiger partial charge in [-0.25, -0.2) is 0 Å². The molecule has 0 aliphatic rings. The van der Waals surface area contributed by atoms with Crippen molar-refractivity contribution in [3.8, 4) is 23.0 Å². The normalized spacial score (nSPS) is 10.6. The van der Waals surface area contributed by atoms with Gasteiger partial charge in [0.05, 0.1) is 0 Å². The number of nitrogens with one attached hydrogen (secondary N) is 2. The van der Waals surface area contributed by atoms with Crippen molar-refractivity contribution >= 4 is 34.0 Å². The van der Waals surface area contributed by atoms with Crippen molar-refractivity contribution in [1.82, 2.24) is 0 Å². The highest BCUT2D eigenvalue weighted by Crippen LogP contribution is 2.30. The van der Waals surface area contributed by atoms with Gasteiger partial charge in [0.25, 0.3) is 11.8 Å². The first-order chi connectivity index (χ1) is 23.6. The number of para-hydroxylation sites is 2. The first-order valence-electron chi connectivity index (χ1n) is 15.6. The van der Waals surface area contributed by atoms with Crippen molar-refractivity contribution in [3.05, 3.63) is 157 Å². The van der Waals surface area contributed by atoms with Crippen LogP contribution in [-0.4, -0.2) is 38.2 Å². The molecule has 0 unspecified atom stereocenters. The second-order valence-corrected chi connectivity index (χ2v) is 10.7. The molecule has 0 aliphatic carbocycles. The van der Waals surface area contributed by atoms with Gasteiger partial charge in [0.2, 0.25) is 0 Å². The number of hydrogen-bond donors (Lipinski definition) is 2. The minimum absolute atomic E-state index is 0.283. The van der Waals surface area contributed by atoms with E-state index >= 15 is 0 Å². The van der Waals surface area contributed by atoms with Crippen LogP contribution in [-0.2, 0) is 0 Å². The SMILES string of the molecule is O=C(Nc1cccc2c(NC(=O)c3cccc(OCCOc4ccccc4)c3)cccc12)c1cccc(OCCOc2ccccc2)c1. The fourth-order valence-corrected chi connectivity index (χ4v) is 5.04. The Labute approximate surface area is 278 Å². The Morgan fingerprint density at radius 2 is 0.750 bits per heavy atom. The lowest BCUT2D eigenvalue weighted by atomic mass is 10.1. The maximum absolute atomic E-state index is 13.3. The summed E-state index contributed by atoms with van der Waals surface area (Å²) in [5.41, 5.74) is 2.13. The Hall–Kier alpha value is -6.28. The summed E-state index contributed by atoms with van der Waals surface area (Å²) in [5.74, 6) is 2.11. The summed E-state index contributed by atoms with van der Waals surface area (Å²) in [6, 6.07) is 44.2. The Balaban J connectivity index is 1.07. The van der Waals surface area contributed by atoms with E-state index in [1.807, 2.05) is 97.1 Å². The molecular weight excluding hydrogens is 604 g/mol. The van der Waals surface area contributed by atoms with Crippen molar-refractivity contribution < 1.29 is 28.5 Å². The molecule has 8 heteroatoms. The van der Waals surface area contributed by atoms with Crippen molar-refractivity contribution in [1.29, 1.82) is 0 Å². The van der Waals surface area contributed by atoms with Gasteiger partial charge in [-0.15, -0.1) is 0 Å². The molecule has 0 fully saturated rings. The van der Waals surface area contributed by atoms with Crippen LogP contribution in [0.4, 0.5) is 11.4 Å². The number of amides is 2. The summed E-state index contributed by atoms with van der Waals surface area (Å²) in [5, 5.41) is 7.59. The van der Waals surface area contributed by atoms with Gasteiger partial charge in [-0.05, 0) is 72.8 Å². The van der Waals surface area contributed by atoms with Crippen molar-refractivity contribution in [2.45, 2.75) is 0 Å². The maximum atomic E-state index is 13.3. The number of benzene rings is 6. The Morgan fingerprint density at radius 3 is 1.17 bits per heavy atom. The van der Waals surface area contributed by atoms with E-state index in [0.717, 1.165) is 22.3 Å². The van der Waals surface area contributed by atoms with E-state index in [1.54, 1.807) is 48.5 Å². The molecule has 6 aromatic carbocycles. The van der Waals surface area contributed by atoms with E-state index in [4.69, 9.17) is 18.9 Å². The third-order valence-corrected chi connectivity index (χ3v) is 7.34. The van der Waals surface area contributed by atoms with Crippen LogP contribution in [0.1, 0.15) is 20.7 Å². The first kappa shape index (κ1) is 31.7. The van der Waals surface area contributed by atoms with Crippen LogP contribution in [0.2, 0.25) is 0 Å². The van der Waals surface area contributed by atoms with Crippen molar-refractivity contribution in [2.24, 2.45) is 0 Å². The van der Waals surface area contributed by atoms with Gasteiger partial charge in [-0.3, -0.25) is 9.59 Å². The fourth-order valence-electron chi connectivity index (χ4n) is 5.04. The molecule has 0 heterocycles. The van der Waals surface area contributed by atoms with E-state index < -0.39 is 0 Å². The predicted molar refractivity (Wildman–Crippen MR) is 188 cm³/mol. The topological polar surface area (TPSA) is 95.1 Å². The van der Waals surface area contributed by atoms with Crippen LogP contribution in [0.15, 0.2) is 146 Å².